The van der Waals surface area contributed by atoms with Crippen LogP contribution in [-0.4, -0.2) is 5.91 Å². The van der Waals surface area contributed by atoms with Gasteiger partial charge in [0.1, 0.15) is 5.75 Å². The first-order valence-corrected chi connectivity index (χ1v) is 7.87. The molecular formula is C19H21NO2. The molecule has 2 aromatic rings. The average Bonchev–Trinajstić information content (AvgIpc) is 3.06. The van der Waals surface area contributed by atoms with Crippen LogP contribution in [0.5, 0.6) is 11.5 Å². The summed E-state index contributed by atoms with van der Waals surface area (Å²) in [4.78, 5) is 12.3. The Bertz CT molecular complexity index is 643. The van der Waals surface area contributed by atoms with E-state index in [-0.39, 0.29) is 11.8 Å². The minimum absolute atomic E-state index is 0.109. The quantitative estimate of drug-likeness (QED) is 0.869. The van der Waals surface area contributed by atoms with Crippen molar-refractivity contribution in [2.75, 3.05) is 5.32 Å². The van der Waals surface area contributed by atoms with Crippen LogP contribution in [-0.2, 0) is 4.79 Å². The van der Waals surface area contributed by atoms with Gasteiger partial charge in [0.15, 0.2) is 5.75 Å². The highest BCUT2D eigenvalue weighted by atomic mass is 16.5. The van der Waals surface area contributed by atoms with Crippen LogP contribution in [0.4, 0.5) is 5.69 Å². The Labute approximate surface area is 131 Å². The van der Waals surface area contributed by atoms with E-state index in [1.165, 1.54) is 5.56 Å². The standard InChI is InChI=1S/C19H21NO2/c1-14-10-12-16(13-11-14)22-18-9-5-4-8-17(18)20-19(21)15-6-2-3-7-15/h4-5,8-13,15H,2-3,6-7H2,1H3,(H,20,21). The van der Waals surface area contributed by atoms with E-state index in [9.17, 15) is 4.79 Å². The molecular weight excluding hydrogens is 274 g/mol. The van der Waals surface area contributed by atoms with Gasteiger partial charge in [-0.25, -0.2) is 0 Å². The van der Waals surface area contributed by atoms with Gasteiger partial charge in [0.05, 0.1) is 5.69 Å². The minimum atomic E-state index is 0.109. The molecule has 1 aliphatic carbocycles. The summed E-state index contributed by atoms with van der Waals surface area (Å²) in [7, 11) is 0. The molecule has 0 bridgehead atoms. The molecule has 3 heteroatoms. The smallest absolute Gasteiger partial charge is 0.227 e. The number of nitrogens with one attached hydrogen (secondary N) is 1. The predicted octanol–water partition coefficient (Wildman–Crippen LogP) is 4.92. The normalized spacial score (nSPS) is 14.8. The Hall–Kier alpha value is -2.29. The summed E-state index contributed by atoms with van der Waals surface area (Å²) in [6, 6.07) is 15.5. The molecule has 3 nitrogen and oxygen atoms in total. The van der Waals surface area contributed by atoms with Crippen LogP contribution in [0, 0.1) is 12.8 Å². The molecule has 0 aliphatic heterocycles. The van der Waals surface area contributed by atoms with E-state index in [4.69, 9.17) is 4.74 Å². The molecule has 2 aromatic carbocycles. The maximum Gasteiger partial charge on any atom is 0.227 e. The molecule has 3 rings (SSSR count). The summed E-state index contributed by atoms with van der Waals surface area (Å²) >= 11 is 0. The first-order chi connectivity index (χ1) is 10.7. The fourth-order valence-electron chi connectivity index (χ4n) is 2.81. The number of para-hydroxylation sites is 2. The number of hydrogen-bond donors (Lipinski definition) is 1. The number of aryl methyl sites for hydroxylation is 1. The highest BCUT2D eigenvalue weighted by Crippen LogP contribution is 2.31. The van der Waals surface area contributed by atoms with Crippen LogP contribution < -0.4 is 10.1 Å². The molecule has 1 N–H and O–H groups in total. The van der Waals surface area contributed by atoms with Crippen LogP contribution in [0.1, 0.15) is 31.2 Å². The lowest BCUT2D eigenvalue weighted by Crippen LogP contribution is -2.20. The fraction of sp³-hybridized carbons (Fsp3) is 0.316. The molecule has 0 unspecified atom stereocenters. The fourth-order valence-corrected chi connectivity index (χ4v) is 2.81. The highest BCUT2D eigenvalue weighted by Gasteiger charge is 2.23. The topological polar surface area (TPSA) is 38.3 Å². The zero-order valence-corrected chi connectivity index (χ0v) is 12.8. The number of rotatable bonds is 4. The van der Waals surface area contributed by atoms with Crippen LogP contribution in [0.2, 0.25) is 0 Å². The second-order valence-corrected chi connectivity index (χ2v) is 5.88. The van der Waals surface area contributed by atoms with Crippen molar-refractivity contribution < 1.29 is 9.53 Å². The average molecular weight is 295 g/mol. The van der Waals surface area contributed by atoms with E-state index < -0.39 is 0 Å². The summed E-state index contributed by atoms with van der Waals surface area (Å²) in [6.45, 7) is 2.04. The molecule has 1 aliphatic rings. The van der Waals surface area contributed by atoms with Crippen molar-refractivity contribution in [1.82, 2.24) is 0 Å². The maximum absolute atomic E-state index is 12.3. The van der Waals surface area contributed by atoms with Gasteiger partial charge < -0.3 is 10.1 Å². The van der Waals surface area contributed by atoms with Gasteiger partial charge in [-0.3, -0.25) is 4.79 Å². The molecule has 114 valence electrons. The van der Waals surface area contributed by atoms with Crippen molar-refractivity contribution in [1.29, 1.82) is 0 Å². The van der Waals surface area contributed by atoms with Crippen molar-refractivity contribution in [2.24, 2.45) is 5.92 Å². The number of ether oxygens (including phenoxy) is 1. The van der Waals surface area contributed by atoms with Gasteiger partial charge in [-0.1, -0.05) is 42.7 Å². The van der Waals surface area contributed by atoms with Gasteiger partial charge in [-0.15, -0.1) is 0 Å². The number of anilines is 1. The first-order valence-electron chi connectivity index (χ1n) is 7.87. The molecule has 0 aromatic heterocycles. The maximum atomic E-state index is 12.3. The van der Waals surface area contributed by atoms with Crippen molar-refractivity contribution in [2.45, 2.75) is 32.6 Å². The Balaban J connectivity index is 1.74. The molecule has 0 heterocycles. The number of amides is 1. The van der Waals surface area contributed by atoms with E-state index in [0.717, 1.165) is 37.1 Å². The molecule has 0 spiro atoms. The zero-order valence-electron chi connectivity index (χ0n) is 12.8. The van der Waals surface area contributed by atoms with E-state index in [2.05, 4.69) is 5.32 Å². The summed E-state index contributed by atoms with van der Waals surface area (Å²) in [5, 5.41) is 3.02. The molecule has 22 heavy (non-hydrogen) atoms. The van der Waals surface area contributed by atoms with Crippen molar-refractivity contribution in [3.8, 4) is 11.5 Å². The second-order valence-electron chi connectivity index (χ2n) is 5.88. The molecule has 0 saturated heterocycles. The number of hydrogen-bond acceptors (Lipinski definition) is 2. The third-order valence-electron chi connectivity index (χ3n) is 4.12. The van der Waals surface area contributed by atoms with Gasteiger partial charge in [-0.2, -0.15) is 0 Å². The largest absolute Gasteiger partial charge is 0.455 e. The van der Waals surface area contributed by atoms with E-state index in [1.54, 1.807) is 0 Å². The van der Waals surface area contributed by atoms with Crippen molar-refractivity contribution in [3.63, 3.8) is 0 Å². The van der Waals surface area contributed by atoms with E-state index in [0.29, 0.717) is 5.75 Å². The summed E-state index contributed by atoms with van der Waals surface area (Å²) in [6.07, 6.45) is 4.29. The highest BCUT2D eigenvalue weighted by molar-refractivity contribution is 5.94. The predicted molar refractivity (Wildman–Crippen MR) is 88.3 cm³/mol. The van der Waals surface area contributed by atoms with Crippen molar-refractivity contribution >= 4 is 11.6 Å². The van der Waals surface area contributed by atoms with E-state index >= 15 is 0 Å². The summed E-state index contributed by atoms with van der Waals surface area (Å²) < 4.78 is 5.91. The van der Waals surface area contributed by atoms with Gasteiger partial charge in [0, 0.05) is 5.92 Å². The zero-order chi connectivity index (χ0) is 15.4. The Morgan fingerprint density at radius 3 is 2.45 bits per heavy atom. The Morgan fingerprint density at radius 2 is 1.73 bits per heavy atom. The SMILES string of the molecule is Cc1ccc(Oc2ccccc2NC(=O)C2CCCC2)cc1. The van der Waals surface area contributed by atoms with Crippen LogP contribution in [0.15, 0.2) is 48.5 Å². The van der Waals surface area contributed by atoms with E-state index in [1.807, 2.05) is 55.5 Å². The van der Waals surface area contributed by atoms with Gasteiger partial charge >= 0.3 is 0 Å². The monoisotopic (exact) mass is 295 g/mol. The van der Waals surface area contributed by atoms with Gasteiger partial charge in [0.2, 0.25) is 5.91 Å². The Morgan fingerprint density at radius 1 is 1.05 bits per heavy atom. The summed E-state index contributed by atoms with van der Waals surface area (Å²) in [5.41, 5.74) is 1.93. The van der Waals surface area contributed by atoms with Crippen LogP contribution in [0.25, 0.3) is 0 Å². The molecule has 1 amide bonds. The second kappa shape index (κ2) is 6.65. The third kappa shape index (κ3) is 3.48. The lowest BCUT2D eigenvalue weighted by atomic mass is 10.1. The molecule has 1 saturated carbocycles. The molecule has 1 fully saturated rings. The van der Waals surface area contributed by atoms with Crippen LogP contribution >= 0.6 is 0 Å². The van der Waals surface area contributed by atoms with Crippen molar-refractivity contribution in [3.05, 3.63) is 54.1 Å². The number of benzene rings is 2. The first kappa shape index (κ1) is 14.6. The van der Waals surface area contributed by atoms with Gasteiger partial charge in [0.25, 0.3) is 0 Å². The minimum Gasteiger partial charge on any atom is -0.455 e. The summed E-state index contributed by atoms with van der Waals surface area (Å²) in [5.74, 6) is 1.70. The molecule has 0 radical (unpaired) electrons. The van der Waals surface area contributed by atoms with Crippen LogP contribution in [0.3, 0.4) is 0 Å². The Kier molecular flexibility index (Phi) is 4.42. The lowest BCUT2D eigenvalue weighted by molar-refractivity contribution is -0.119. The molecule has 0 atom stereocenters. The number of carbonyl (C=O) groups is 1. The lowest BCUT2D eigenvalue weighted by Gasteiger charge is -2.14. The third-order valence-corrected chi connectivity index (χ3v) is 4.12. The van der Waals surface area contributed by atoms with Gasteiger partial charge in [-0.05, 0) is 44.0 Å². The number of carbonyl (C=O) groups excluding carboxylic acids is 1.